The van der Waals surface area contributed by atoms with Crippen molar-refractivity contribution in [1.29, 1.82) is 0 Å². The molecule has 0 bridgehead atoms. The summed E-state index contributed by atoms with van der Waals surface area (Å²) >= 11 is 0. The van der Waals surface area contributed by atoms with Gasteiger partial charge in [0.2, 0.25) is 18.1 Å². The Hall–Kier alpha value is -2.92. The summed E-state index contributed by atoms with van der Waals surface area (Å²) in [5.41, 5.74) is -0.998. The third kappa shape index (κ3) is 3.32. The van der Waals surface area contributed by atoms with Gasteiger partial charge in [0.15, 0.2) is 0 Å². The predicted octanol–water partition coefficient (Wildman–Crippen LogP) is 1.46. The zero-order valence-electron chi connectivity index (χ0n) is 13.1. The van der Waals surface area contributed by atoms with Gasteiger partial charge in [-0.05, 0) is 16.0 Å². The van der Waals surface area contributed by atoms with Gasteiger partial charge in [-0.1, -0.05) is 0 Å². The molecule has 0 amide bonds. The molecule has 0 atom stereocenters. The second kappa shape index (κ2) is 6.18. The highest BCUT2D eigenvalue weighted by molar-refractivity contribution is 5.55. The second-order valence-electron chi connectivity index (χ2n) is 5.47. The van der Waals surface area contributed by atoms with E-state index in [2.05, 4.69) is 15.0 Å². The van der Waals surface area contributed by atoms with E-state index in [1.165, 1.54) is 6.33 Å². The van der Waals surface area contributed by atoms with Gasteiger partial charge in [0, 0.05) is 39.4 Å². The average molecular weight is 357 g/mol. The summed E-state index contributed by atoms with van der Waals surface area (Å²) in [7, 11) is 1.65. The number of halogens is 3. The quantitative estimate of drug-likeness (QED) is 0.606. The van der Waals surface area contributed by atoms with Crippen LogP contribution in [0.3, 0.4) is 0 Å². The largest absolute Gasteiger partial charge is 0.433 e. The molecule has 0 radical (unpaired) electrons. The van der Waals surface area contributed by atoms with Crippen LogP contribution in [-0.2, 0) is 13.2 Å². The third-order valence-corrected chi connectivity index (χ3v) is 3.86. The molecular formula is C13H14F3N7O2. The number of nitro groups is 1. The van der Waals surface area contributed by atoms with E-state index < -0.39 is 16.8 Å². The molecule has 0 spiro atoms. The van der Waals surface area contributed by atoms with E-state index in [0.717, 1.165) is 12.3 Å². The van der Waals surface area contributed by atoms with Crippen molar-refractivity contribution in [2.45, 2.75) is 6.18 Å². The average Bonchev–Trinajstić information content (AvgIpc) is 2.96. The van der Waals surface area contributed by atoms with Gasteiger partial charge in [-0.3, -0.25) is 4.57 Å². The number of rotatable bonds is 3. The summed E-state index contributed by atoms with van der Waals surface area (Å²) in [4.78, 5) is 25.1. The van der Waals surface area contributed by atoms with Gasteiger partial charge in [-0.15, -0.1) is 0 Å². The van der Waals surface area contributed by atoms with Crippen molar-refractivity contribution in [3.05, 3.63) is 34.4 Å². The summed E-state index contributed by atoms with van der Waals surface area (Å²) < 4.78 is 39.8. The van der Waals surface area contributed by atoms with Gasteiger partial charge in [0.25, 0.3) is 0 Å². The monoisotopic (exact) mass is 357 g/mol. The van der Waals surface area contributed by atoms with Crippen LogP contribution in [-0.4, -0.2) is 50.6 Å². The van der Waals surface area contributed by atoms with E-state index in [1.807, 2.05) is 0 Å². The molecule has 9 nitrogen and oxygen atoms in total. The molecule has 2 aromatic heterocycles. The van der Waals surface area contributed by atoms with Crippen LogP contribution in [0.2, 0.25) is 0 Å². The highest BCUT2D eigenvalue weighted by atomic mass is 19.4. The molecule has 0 N–H and O–H groups in total. The van der Waals surface area contributed by atoms with Crippen molar-refractivity contribution in [2.75, 3.05) is 36.0 Å². The van der Waals surface area contributed by atoms with Gasteiger partial charge in [0.1, 0.15) is 5.69 Å². The molecule has 1 aliphatic rings. The van der Waals surface area contributed by atoms with Crippen molar-refractivity contribution >= 4 is 17.6 Å². The van der Waals surface area contributed by atoms with Crippen LogP contribution in [0.1, 0.15) is 5.69 Å². The maximum atomic E-state index is 12.8. The van der Waals surface area contributed by atoms with Crippen LogP contribution >= 0.6 is 0 Å². The first-order valence-electron chi connectivity index (χ1n) is 7.33. The molecule has 1 saturated heterocycles. The lowest BCUT2D eigenvalue weighted by atomic mass is 10.3. The maximum absolute atomic E-state index is 12.8. The Morgan fingerprint density at radius 2 is 1.80 bits per heavy atom. The molecule has 0 unspecified atom stereocenters. The van der Waals surface area contributed by atoms with E-state index in [4.69, 9.17) is 0 Å². The lowest BCUT2D eigenvalue weighted by Gasteiger charge is -2.35. The highest BCUT2D eigenvalue weighted by Gasteiger charge is 2.34. The van der Waals surface area contributed by atoms with E-state index in [0.29, 0.717) is 32.0 Å². The molecule has 2 aromatic rings. The van der Waals surface area contributed by atoms with E-state index in [-0.39, 0.29) is 11.8 Å². The Labute approximate surface area is 139 Å². The van der Waals surface area contributed by atoms with Crippen LogP contribution in [0.15, 0.2) is 18.6 Å². The number of piperazine rings is 1. The first-order valence-corrected chi connectivity index (χ1v) is 7.33. The maximum Gasteiger partial charge on any atom is 0.433 e. The molecule has 134 valence electrons. The predicted molar refractivity (Wildman–Crippen MR) is 81.3 cm³/mol. The molecule has 1 aliphatic heterocycles. The number of alkyl halides is 3. The van der Waals surface area contributed by atoms with Crippen LogP contribution in [0.25, 0.3) is 0 Å². The Morgan fingerprint density at radius 1 is 1.16 bits per heavy atom. The lowest BCUT2D eigenvalue weighted by molar-refractivity contribution is -0.388. The standard InChI is InChI=1S/C13H14F3N7O2/c1-20-8-18-10(23(24)25)11(20)21-4-6-22(7-5-21)12-17-3-2-9(19-12)13(14,15)16/h2-3,8H,4-7H2,1H3. The fourth-order valence-corrected chi connectivity index (χ4v) is 2.68. The topological polar surface area (TPSA) is 93.2 Å². The fourth-order valence-electron chi connectivity index (χ4n) is 2.68. The molecule has 25 heavy (non-hydrogen) atoms. The van der Waals surface area contributed by atoms with Crippen LogP contribution in [0, 0.1) is 10.1 Å². The molecule has 12 heteroatoms. The number of anilines is 2. The summed E-state index contributed by atoms with van der Waals surface area (Å²) in [5, 5.41) is 11.1. The molecule has 3 rings (SSSR count). The van der Waals surface area contributed by atoms with E-state index in [9.17, 15) is 23.3 Å². The third-order valence-electron chi connectivity index (χ3n) is 3.86. The van der Waals surface area contributed by atoms with Crippen molar-refractivity contribution in [2.24, 2.45) is 7.05 Å². The Balaban J connectivity index is 1.75. The van der Waals surface area contributed by atoms with Crippen LogP contribution in [0.4, 0.5) is 30.8 Å². The highest BCUT2D eigenvalue weighted by Crippen LogP contribution is 2.29. The molecular weight excluding hydrogens is 343 g/mol. The molecule has 3 heterocycles. The first-order chi connectivity index (χ1) is 11.8. The number of aromatic nitrogens is 4. The summed E-state index contributed by atoms with van der Waals surface area (Å²) in [6, 6.07) is 0.818. The second-order valence-corrected chi connectivity index (χ2v) is 5.47. The normalized spacial score (nSPS) is 15.5. The number of hydrogen-bond acceptors (Lipinski definition) is 7. The van der Waals surface area contributed by atoms with Gasteiger partial charge < -0.3 is 19.9 Å². The molecule has 0 aromatic carbocycles. The van der Waals surface area contributed by atoms with Gasteiger partial charge >= 0.3 is 12.0 Å². The van der Waals surface area contributed by atoms with Gasteiger partial charge in [-0.25, -0.2) is 9.97 Å². The molecule has 1 fully saturated rings. The molecule has 0 saturated carbocycles. The van der Waals surface area contributed by atoms with Crippen LogP contribution < -0.4 is 9.80 Å². The van der Waals surface area contributed by atoms with Gasteiger partial charge in [-0.2, -0.15) is 13.2 Å². The van der Waals surface area contributed by atoms with Crippen LogP contribution in [0.5, 0.6) is 0 Å². The number of nitrogens with zero attached hydrogens (tertiary/aromatic N) is 7. The fraction of sp³-hybridized carbons (Fsp3) is 0.462. The number of hydrogen-bond donors (Lipinski definition) is 0. The number of imidazole rings is 1. The van der Waals surface area contributed by atoms with Crippen molar-refractivity contribution in [3.8, 4) is 0 Å². The zero-order valence-corrected chi connectivity index (χ0v) is 13.1. The Kier molecular flexibility index (Phi) is 4.18. The first kappa shape index (κ1) is 16.9. The Bertz CT molecular complexity index is 784. The van der Waals surface area contributed by atoms with Crippen molar-refractivity contribution < 1.29 is 18.1 Å². The molecule has 0 aliphatic carbocycles. The van der Waals surface area contributed by atoms with Crippen molar-refractivity contribution in [1.82, 2.24) is 19.5 Å². The SMILES string of the molecule is Cn1cnc([N+](=O)[O-])c1N1CCN(c2nccc(C(F)(F)F)n2)CC1. The zero-order chi connectivity index (χ0) is 18.2. The van der Waals surface area contributed by atoms with Gasteiger partial charge in [0.05, 0.1) is 0 Å². The summed E-state index contributed by atoms with van der Waals surface area (Å²) in [6.07, 6.45) is -2.10. The minimum Gasteiger partial charge on any atom is -0.358 e. The minimum absolute atomic E-state index is 0.00557. The van der Waals surface area contributed by atoms with E-state index >= 15 is 0 Å². The van der Waals surface area contributed by atoms with E-state index in [1.54, 1.807) is 21.4 Å². The van der Waals surface area contributed by atoms with Crippen molar-refractivity contribution in [3.63, 3.8) is 0 Å². The summed E-state index contributed by atoms with van der Waals surface area (Å²) in [5.74, 6) is 0.120. The minimum atomic E-state index is -4.53. The smallest absolute Gasteiger partial charge is 0.358 e. The number of aryl methyl sites for hydroxylation is 1. The lowest BCUT2D eigenvalue weighted by Crippen LogP contribution is -2.47. The summed E-state index contributed by atoms with van der Waals surface area (Å²) in [6.45, 7) is 1.42. The Morgan fingerprint density at radius 3 is 2.40 bits per heavy atom.